The summed E-state index contributed by atoms with van der Waals surface area (Å²) >= 11 is 0. The third-order valence-corrected chi connectivity index (χ3v) is 12.2. The number of allylic oxidation sites excluding steroid dienone is 1. The van der Waals surface area contributed by atoms with E-state index in [1.165, 1.54) is 77.4 Å². The van der Waals surface area contributed by atoms with Crippen LogP contribution in [0.15, 0.2) is 211 Å². The van der Waals surface area contributed by atoms with Gasteiger partial charge in [-0.2, -0.15) is 0 Å². The smallest absolute Gasteiger partial charge is 0.131 e. The second kappa shape index (κ2) is 14.9. The number of hydrogen-bond donors (Lipinski definition) is 1. The van der Waals surface area contributed by atoms with Gasteiger partial charge >= 0.3 is 0 Å². The summed E-state index contributed by atoms with van der Waals surface area (Å²) in [6.45, 7) is 4.66. The van der Waals surface area contributed by atoms with E-state index in [-0.39, 0.29) is 5.41 Å². The van der Waals surface area contributed by atoms with E-state index in [1.54, 1.807) is 0 Å². The number of nitrogens with zero attached hydrogens (tertiary/aromatic N) is 1. The van der Waals surface area contributed by atoms with Gasteiger partial charge in [-0.15, -0.1) is 0 Å². The van der Waals surface area contributed by atoms with Crippen molar-refractivity contribution in [2.45, 2.75) is 25.7 Å². The van der Waals surface area contributed by atoms with Crippen molar-refractivity contribution in [2.24, 2.45) is 10.7 Å². The van der Waals surface area contributed by atoms with E-state index in [2.05, 4.69) is 190 Å². The van der Waals surface area contributed by atoms with E-state index in [1.807, 2.05) is 30.3 Å². The van der Waals surface area contributed by atoms with E-state index in [0.29, 0.717) is 12.3 Å². The van der Waals surface area contributed by atoms with E-state index >= 15 is 0 Å². The molecular weight excluding hydrogens is 713 g/mol. The Labute approximate surface area is 346 Å². The fraction of sp³-hybridized carbons (Fsp3) is 0.0702. The average molecular weight is 757 g/mol. The third kappa shape index (κ3) is 6.73. The molecule has 0 saturated carbocycles. The summed E-state index contributed by atoms with van der Waals surface area (Å²) in [5, 5.41) is 4.81. The fourth-order valence-electron chi connectivity index (χ4n) is 8.95. The third-order valence-electron chi connectivity index (χ3n) is 12.2. The Bertz CT molecular complexity index is 3080. The largest absolute Gasteiger partial charge is 0.383 e. The van der Waals surface area contributed by atoms with Crippen molar-refractivity contribution in [1.29, 1.82) is 0 Å². The van der Waals surface area contributed by atoms with Gasteiger partial charge in [-0.25, -0.2) is 4.99 Å². The first-order chi connectivity index (χ1) is 28.9. The molecule has 1 aliphatic rings. The molecular formula is C57H44N2. The molecule has 9 aromatic carbocycles. The highest BCUT2D eigenvalue weighted by Crippen LogP contribution is 2.49. The Morgan fingerprint density at radius 2 is 1.07 bits per heavy atom. The number of benzene rings is 9. The minimum absolute atomic E-state index is 0.000324. The molecule has 2 N–H and O–H groups in total. The highest BCUT2D eigenvalue weighted by molar-refractivity contribution is 6.06. The Kier molecular flexibility index (Phi) is 9.11. The SMILES string of the molecule is CC1(C)c2ccccc2-c2cc(-c3ccc(-c4ccc(/C(=C/Cc5ccc(-c6ccc7ccccc7c6)cc5)N=C(N)c5ccccc5)c5ccccc45)cc3)ccc21. The lowest BCUT2D eigenvalue weighted by Crippen LogP contribution is -2.14. The minimum Gasteiger partial charge on any atom is -0.383 e. The molecule has 0 bridgehead atoms. The molecule has 9 aromatic rings. The molecule has 282 valence electrons. The van der Waals surface area contributed by atoms with Crippen molar-refractivity contribution >= 4 is 33.1 Å². The minimum atomic E-state index is -0.000324. The summed E-state index contributed by atoms with van der Waals surface area (Å²) in [5.41, 5.74) is 23.4. The van der Waals surface area contributed by atoms with Gasteiger partial charge in [0.2, 0.25) is 0 Å². The Hall–Kier alpha value is -7.29. The van der Waals surface area contributed by atoms with Gasteiger partial charge in [0.1, 0.15) is 5.84 Å². The second-order valence-electron chi connectivity index (χ2n) is 16.1. The van der Waals surface area contributed by atoms with Crippen LogP contribution in [0.5, 0.6) is 0 Å². The zero-order valence-electron chi connectivity index (χ0n) is 33.4. The van der Waals surface area contributed by atoms with Crippen LogP contribution in [0.2, 0.25) is 0 Å². The molecule has 0 amide bonds. The summed E-state index contributed by atoms with van der Waals surface area (Å²) in [4.78, 5) is 5.13. The van der Waals surface area contributed by atoms with Crippen molar-refractivity contribution in [2.75, 3.05) is 0 Å². The normalized spacial score (nSPS) is 13.4. The van der Waals surface area contributed by atoms with Crippen molar-refractivity contribution < 1.29 is 0 Å². The molecule has 0 aliphatic heterocycles. The van der Waals surface area contributed by atoms with Gasteiger partial charge in [-0.1, -0.05) is 208 Å². The molecule has 2 nitrogen and oxygen atoms in total. The number of amidine groups is 1. The van der Waals surface area contributed by atoms with Crippen LogP contribution < -0.4 is 5.73 Å². The van der Waals surface area contributed by atoms with Gasteiger partial charge in [0.15, 0.2) is 0 Å². The Balaban J connectivity index is 0.984. The van der Waals surface area contributed by atoms with Crippen molar-refractivity contribution in [1.82, 2.24) is 0 Å². The van der Waals surface area contributed by atoms with E-state index in [4.69, 9.17) is 10.7 Å². The monoisotopic (exact) mass is 756 g/mol. The van der Waals surface area contributed by atoms with Crippen LogP contribution in [0, 0.1) is 0 Å². The van der Waals surface area contributed by atoms with Crippen LogP contribution in [0.4, 0.5) is 0 Å². The summed E-state index contributed by atoms with van der Waals surface area (Å²) in [6, 6.07) is 72.0. The molecule has 1 aliphatic carbocycles. The number of rotatable bonds is 8. The highest BCUT2D eigenvalue weighted by atomic mass is 14.9. The lowest BCUT2D eigenvalue weighted by Gasteiger charge is -2.21. The number of fused-ring (bicyclic) bond motifs is 5. The summed E-state index contributed by atoms with van der Waals surface area (Å²) in [5.74, 6) is 0.492. The Morgan fingerprint density at radius 1 is 0.475 bits per heavy atom. The maximum Gasteiger partial charge on any atom is 0.131 e. The van der Waals surface area contributed by atoms with Gasteiger partial charge in [0.05, 0.1) is 5.70 Å². The van der Waals surface area contributed by atoms with Crippen LogP contribution in [0.25, 0.3) is 71.7 Å². The van der Waals surface area contributed by atoms with E-state index in [0.717, 1.165) is 22.2 Å². The first kappa shape index (κ1) is 36.1. The zero-order chi connectivity index (χ0) is 39.9. The number of aliphatic imine (C=N–C) groups is 1. The summed E-state index contributed by atoms with van der Waals surface area (Å²) in [7, 11) is 0. The molecule has 0 heterocycles. The van der Waals surface area contributed by atoms with Crippen LogP contribution >= 0.6 is 0 Å². The summed E-state index contributed by atoms with van der Waals surface area (Å²) in [6.07, 6.45) is 2.93. The predicted molar refractivity (Wildman–Crippen MR) is 251 cm³/mol. The fourth-order valence-corrected chi connectivity index (χ4v) is 8.95. The molecule has 0 saturated heterocycles. The molecule has 0 radical (unpaired) electrons. The molecule has 0 spiro atoms. The maximum atomic E-state index is 6.73. The van der Waals surface area contributed by atoms with Crippen molar-refractivity contribution in [3.63, 3.8) is 0 Å². The van der Waals surface area contributed by atoms with Gasteiger partial charge < -0.3 is 5.73 Å². The molecule has 0 atom stereocenters. The molecule has 59 heavy (non-hydrogen) atoms. The molecule has 2 heteroatoms. The lowest BCUT2D eigenvalue weighted by atomic mass is 9.82. The van der Waals surface area contributed by atoms with E-state index in [9.17, 15) is 0 Å². The number of hydrogen-bond acceptors (Lipinski definition) is 1. The highest BCUT2D eigenvalue weighted by Gasteiger charge is 2.35. The molecule has 0 fully saturated rings. The predicted octanol–water partition coefficient (Wildman–Crippen LogP) is 14.3. The van der Waals surface area contributed by atoms with Crippen molar-refractivity contribution in [3.8, 4) is 44.5 Å². The topological polar surface area (TPSA) is 38.4 Å². The lowest BCUT2D eigenvalue weighted by molar-refractivity contribution is 0.660. The summed E-state index contributed by atoms with van der Waals surface area (Å²) < 4.78 is 0. The first-order valence-corrected chi connectivity index (χ1v) is 20.5. The molecule has 0 unspecified atom stereocenters. The van der Waals surface area contributed by atoms with E-state index < -0.39 is 0 Å². The van der Waals surface area contributed by atoms with Crippen LogP contribution in [-0.4, -0.2) is 5.84 Å². The van der Waals surface area contributed by atoms with Crippen LogP contribution in [0.1, 0.15) is 41.7 Å². The van der Waals surface area contributed by atoms with Gasteiger partial charge in [-0.3, -0.25) is 0 Å². The first-order valence-electron chi connectivity index (χ1n) is 20.5. The van der Waals surface area contributed by atoms with Crippen molar-refractivity contribution in [3.05, 3.63) is 234 Å². The molecule has 10 rings (SSSR count). The Morgan fingerprint density at radius 3 is 1.86 bits per heavy atom. The van der Waals surface area contributed by atoms with Gasteiger partial charge in [0, 0.05) is 16.5 Å². The standard InChI is InChI=1S/C57H44N2/c1-57(2)53-19-11-10-18-50(53)52-37-46(31-34-54(52)57)41-25-28-42(29-26-41)47-32-33-51(49-17-9-8-16-48(47)49)55(59-56(58)43-13-4-3-5-14-43)35-22-38-20-23-40(24-21-38)45-30-27-39-12-6-7-15-44(39)36-45/h3-21,23-37H,22H2,1-2H3,(H2,58,59)/b55-35-. The van der Waals surface area contributed by atoms with Crippen LogP contribution in [-0.2, 0) is 11.8 Å². The quantitative estimate of drug-likeness (QED) is 0.122. The molecule has 0 aromatic heterocycles. The zero-order valence-corrected chi connectivity index (χ0v) is 33.4. The average Bonchev–Trinajstić information content (AvgIpc) is 3.53. The van der Waals surface area contributed by atoms with Crippen LogP contribution in [0.3, 0.4) is 0 Å². The van der Waals surface area contributed by atoms with Gasteiger partial charge in [-0.05, 0) is 101 Å². The second-order valence-corrected chi connectivity index (χ2v) is 16.1. The maximum absolute atomic E-state index is 6.73. The number of nitrogens with two attached hydrogens (primary N) is 1. The van der Waals surface area contributed by atoms with Gasteiger partial charge in [0.25, 0.3) is 0 Å².